The third kappa shape index (κ3) is 0.932. The van der Waals surface area contributed by atoms with Crippen molar-refractivity contribution in [2.75, 3.05) is 13.2 Å². The van der Waals surface area contributed by atoms with Crippen LogP contribution in [0.3, 0.4) is 0 Å². The molecule has 2 N–H and O–H groups in total. The van der Waals surface area contributed by atoms with E-state index >= 15 is 0 Å². The lowest BCUT2D eigenvalue weighted by Gasteiger charge is -2.23. The van der Waals surface area contributed by atoms with Gasteiger partial charge < -0.3 is 10.2 Å². The zero-order chi connectivity index (χ0) is 7.84. The first-order valence-electron chi connectivity index (χ1n) is 4.27. The number of hydrogen-bond acceptors (Lipinski definition) is 2. The average Bonchev–Trinajstić information content (AvgIpc) is 2.60. The zero-order valence-electron chi connectivity index (χ0n) is 6.48. The molecule has 62 valence electrons. The molecule has 0 unspecified atom stereocenters. The first kappa shape index (κ1) is 7.32. The van der Waals surface area contributed by atoms with Crippen LogP contribution in [-0.2, 0) is 0 Å². The second-order valence-corrected chi connectivity index (χ2v) is 3.64. The van der Waals surface area contributed by atoms with E-state index in [1.165, 1.54) is 0 Å². The Morgan fingerprint density at radius 1 is 1.00 bits per heavy atom. The fourth-order valence-electron chi connectivity index (χ4n) is 2.57. The van der Waals surface area contributed by atoms with Crippen LogP contribution in [-0.4, -0.2) is 23.4 Å². The van der Waals surface area contributed by atoms with Crippen molar-refractivity contribution in [1.29, 1.82) is 0 Å². The van der Waals surface area contributed by atoms with Gasteiger partial charge in [0.05, 0.1) is 0 Å². The average molecular weight is 154 g/mol. The summed E-state index contributed by atoms with van der Waals surface area (Å²) < 4.78 is 0. The zero-order valence-corrected chi connectivity index (χ0v) is 6.48. The number of aliphatic hydroxyl groups is 2. The molecule has 2 aliphatic rings. The molecule has 1 saturated carbocycles. The Morgan fingerprint density at radius 3 is 1.82 bits per heavy atom. The summed E-state index contributed by atoms with van der Waals surface area (Å²) in [6, 6.07) is 0. The molecule has 0 aromatic heterocycles. The summed E-state index contributed by atoms with van der Waals surface area (Å²) in [6.45, 7) is 0.466. The molecule has 1 fully saturated rings. The van der Waals surface area contributed by atoms with Gasteiger partial charge in [0.1, 0.15) is 0 Å². The fourth-order valence-corrected chi connectivity index (χ4v) is 2.57. The van der Waals surface area contributed by atoms with E-state index in [2.05, 4.69) is 12.2 Å². The van der Waals surface area contributed by atoms with Crippen molar-refractivity contribution in [2.24, 2.45) is 23.7 Å². The van der Waals surface area contributed by atoms with Gasteiger partial charge in [0.15, 0.2) is 0 Å². The SMILES string of the molecule is OC[C@@H]1[C@H](CO)[C@@H]2C=C[C@H]1C2. The molecule has 0 radical (unpaired) electrons. The van der Waals surface area contributed by atoms with E-state index in [-0.39, 0.29) is 13.2 Å². The van der Waals surface area contributed by atoms with Crippen LogP contribution >= 0.6 is 0 Å². The highest BCUT2D eigenvalue weighted by atomic mass is 16.3. The normalized spacial score (nSPS) is 47.1. The first-order valence-corrected chi connectivity index (χ1v) is 4.27. The largest absolute Gasteiger partial charge is 0.396 e. The Morgan fingerprint density at radius 2 is 1.45 bits per heavy atom. The number of allylic oxidation sites excluding steroid dienone is 2. The van der Waals surface area contributed by atoms with E-state index < -0.39 is 0 Å². The van der Waals surface area contributed by atoms with Crippen LogP contribution in [0.5, 0.6) is 0 Å². The Kier molecular flexibility index (Phi) is 1.74. The number of fused-ring (bicyclic) bond motifs is 2. The van der Waals surface area contributed by atoms with E-state index in [1.54, 1.807) is 0 Å². The predicted octanol–water partition coefficient (Wildman–Crippen LogP) is 0.409. The molecule has 0 aliphatic heterocycles. The van der Waals surface area contributed by atoms with E-state index in [0.717, 1.165) is 6.42 Å². The van der Waals surface area contributed by atoms with Gasteiger partial charge in [0, 0.05) is 13.2 Å². The monoisotopic (exact) mass is 154 g/mol. The van der Waals surface area contributed by atoms with Crippen molar-refractivity contribution in [3.8, 4) is 0 Å². The summed E-state index contributed by atoms with van der Waals surface area (Å²) in [5, 5.41) is 18.1. The molecule has 2 heteroatoms. The van der Waals surface area contributed by atoms with Gasteiger partial charge in [-0.2, -0.15) is 0 Å². The van der Waals surface area contributed by atoms with Crippen LogP contribution in [0.25, 0.3) is 0 Å². The van der Waals surface area contributed by atoms with Gasteiger partial charge in [-0.25, -0.2) is 0 Å². The Balaban J connectivity index is 2.15. The Bertz CT molecular complexity index is 158. The lowest BCUT2D eigenvalue weighted by molar-refractivity contribution is 0.112. The smallest absolute Gasteiger partial charge is 0.0468 e. The van der Waals surface area contributed by atoms with Gasteiger partial charge in [-0.3, -0.25) is 0 Å². The topological polar surface area (TPSA) is 40.5 Å². The van der Waals surface area contributed by atoms with Crippen molar-refractivity contribution in [3.05, 3.63) is 12.2 Å². The molecule has 2 rings (SSSR count). The van der Waals surface area contributed by atoms with Crippen molar-refractivity contribution < 1.29 is 10.2 Å². The van der Waals surface area contributed by atoms with Crippen LogP contribution in [0.4, 0.5) is 0 Å². The third-order valence-electron chi connectivity index (χ3n) is 3.22. The maximum atomic E-state index is 9.04. The van der Waals surface area contributed by atoms with Gasteiger partial charge in [-0.1, -0.05) is 12.2 Å². The van der Waals surface area contributed by atoms with Crippen LogP contribution in [0.15, 0.2) is 12.2 Å². The Labute approximate surface area is 66.5 Å². The number of hydrogen-bond donors (Lipinski definition) is 2. The quantitative estimate of drug-likeness (QED) is 0.565. The molecule has 4 atom stereocenters. The predicted molar refractivity (Wildman–Crippen MR) is 41.9 cm³/mol. The number of rotatable bonds is 2. The van der Waals surface area contributed by atoms with Gasteiger partial charge >= 0.3 is 0 Å². The highest BCUT2D eigenvalue weighted by Crippen LogP contribution is 2.47. The molecule has 0 saturated heterocycles. The first-order chi connectivity index (χ1) is 5.36. The molecule has 0 heterocycles. The lowest BCUT2D eigenvalue weighted by atomic mass is 9.84. The molecule has 0 aromatic carbocycles. The van der Waals surface area contributed by atoms with Crippen LogP contribution in [0, 0.1) is 23.7 Å². The van der Waals surface area contributed by atoms with Crippen molar-refractivity contribution in [3.63, 3.8) is 0 Å². The summed E-state index contributed by atoms with van der Waals surface area (Å²) >= 11 is 0. The highest BCUT2D eigenvalue weighted by Gasteiger charge is 2.43. The number of aliphatic hydroxyl groups excluding tert-OH is 2. The summed E-state index contributed by atoms with van der Waals surface area (Å²) in [4.78, 5) is 0. The molecule has 0 amide bonds. The molecular formula is C9H14O2. The van der Waals surface area contributed by atoms with E-state index in [1.807, 2.05) is 0 Å². The standard InChI is InChI=1S/C9H14O2/c10-4-8-6-1-2-7(3-6)9(8)5-11/h1-2,6-11H,3-5H2/t6-,7+,8-,9+. The molecule has 2 nitrogen and oxygen atoms in total. The summed E-state index contributed by atoms with van der Waals surface area (Å²) in [5.41, 5.74) is 0. The van der Waals surface area contributed by atoms with Crippen LogP contribution in [0.1, 0.15) is 6.42 Å². The van der Waals surface area contributed by atoms with E-state index in [0.29, 0.717) is 23.7 Å². The minimum Gasteiger partial charge on any atom is -0.396 e. The van der Waals surface area contributed by atoms with Crippen molar-refractivity contribution in [1.82, 2.24) is 0 Å². The minimum absolute atomic E-state index is 0.233. The fraction of sp³-hybridized carbons (Fsp3) is 0.778. The van der Waals surface area contributed by atoms with E-state index in [4.69, 9.17) is 10.2 Å². The molecular weight excluding hydrogens is 140 g/mol. The molecule has 2 bridgehead atoms. The van der Waals surface area contributed by atoms with Gasteiger partial charge in [-0.15, -0.1) is 0 Å². The second kappa shape index (κ2) is 2.61. The second-order valence-electron chi connectivity index (χ2n) is 3.64. The van der Waals surface area contributed by atoms with Gasteiger partial charge in [-0.05, 0) is 30.1 Å². The van der Waals surface area contributed by atoms with Crippen LogP contribution < -0.4 is 0 Å². The molecule has 2 aliphatic carbocycles. The maximum Gasteiger partial charge on any atom is 0.0468 e. The van der Waals surface area contributed by atoms with Gasteiger partial charge in [0.2, 0.25) is 0 Å². The molecule has 0 spiro atoms. The summed E-state index contributed by atoms with van der Waals surface area (Å²) in [7, 11) is 0. The third-order valence-corrected chi connectivity index (χ3v) is 3.22. The molecule has 11 heavy (non-hydrogen) atoms. The summed E-state index contributed by atoms with van der Waals surface area (Å²) in [6.07, 6.45) is 5.53. The highest BCUT2D eigenvalue weighted by molar-refractivity contribution is 5.13. The van der Waals surface area contributed by atoms with Gasteiger partial charge in [0.25, 0.3) is 0 Å². The Hall–Kier alpha value is -0.340. The maximum absolute atomic E-state index is 9.04. The molecule has 0 aromatic rings. The van der Waals surface area contributed by atoms with E-state index in [9.17, 15) is 0 Å². The lowest BCUT2D eigenvalue weighted by Crippen LogP contribution is -2.25. The minimum atomic E-state index is 0.233. The van der Waals surface area contributed by atoms with Crippen molar-refractivity contribution in [2.45, 2.75) is 6.42 Å². The van der Waals surface area contributed by atoms with Crippen molar-refractivity contribution >= 4 is 0 Å². The summed E-state index contributed by atoms with van der Waals surface area (Å²) in [5.74, 6) is 1.74. The van der Waals surface area contributed by atoms with Crippen LogP contribution in [0.2, 0.25) is 0 Å².